The van der Waals surface area contributed by atoms with Crippen molar-refractivity contribution in [2.24, 2.45) is 27.9 Å². The highest BCUT2D eigenvalue weighted by molar-refractivity contribution is 8.93. The standard InChI is InChI=1S/C4H9N3.C3H8N2S.C3H7N.2BrH.H2O/c1-2-3-7-4(5)6;1-2-6-3(4)5;1-2-3-4;;;/h2H,1,3H2,(H4,5,6,7);2H2,1H3,(H3,4,5);2H,1,3-4H2;2*1H;1H2. The van der Waals surface area contributed by atoms with E-state index in [4.69, 9.17) is 28.3 Å². The lowest BCUT2D eigenvalue weighted by Gasteiger charge is -1.85. The highest BCUT2D eigenvalue weighted by Gasteiger charge is 1.79. The molecule has 0 radical (unpaired) electrons. The van der Waals surface area contributed by atoms with Crippen molar-refractivity contribution in [1.82, 2.24) is 0 Å². The number of hydrogen-bond donors (Lipinski definition) is 5. The summed E-state index contributed by atoms with van der Waals surface area (Å²) in [6, 6.07) is 0. The zero-order valence-electron chi connectivity index (χ0n) is 11.7. The van der Waals surface area contributed by atoms with Gasteiger partial charge in [0.15, 0.2) is 11.1 Å². The summed E-state index contributed by atoms with van der Waals surface area (Å²) in [6.45, 7) is 9.82. The number of rotatable bonds is 4. The topological polar surface area (TPSA) is 172 Å². The Kier molecular flexibility index (Phi) is 66.3. The van der Waals surface area contributed by atoms with Crippen LogP contribution in [0.5, 0.6) is 0 Å². The van der Waals surface area contributed by atoms with E-state index < -0.39 is 0 Å². The molecule has 0 heterocycles. The first-order chi connectivity index (χ1) is 7.95. The summed E-state index contributed by atoms with van der Waals surface area (Å²) in [7, 11) is 0. The Labute approximate surface area is 146 Å². The van der Waals surface area contributed by atoms with Crippen LogP contribution in [0.3, 0.4) is 0 Å². The van der Waals surface area contributed by atoms with Gasteiger partial charge in [0.1, 0.15) is 0 Å². The zero-order valence-corrected chi connectivity index (χ0v) is 15.9. The Balaban J connectivity index is -0.0000000352. The average Bonchev–Trinajstić information content (AvgIpc) is 2.27. The van der Waals surface area contributed by atoms with Crippen LogP contribution in [0, 0.1) is 5.41 Å². The van der Waals surface area contributed by atoms with E-state index in [1.165, 1.54) is 11.8 Å². The SMILES string of the molecule is Br.Br.C=CCN.C=CCN=C(N)N.CCSC(=N)N.O. The molecule has 0 aliphatic rings. The minimum atomic E-state index is 0. The summed E-state index contributed by atoms with van der Waals surface area (Å²) in [4.78, 5) is 3.60. The zero-order chi connectivity index (χ0) is 14.1. The molecule has 0 rings (SSSR count). The summed E-state index contributed by atoms with van der Waals surface area (Å²) in [6.07, 6.45) is 3.28. The third-order valence-electron chi connectivity index (χ3n) is 0.869. The number of hydrogen-bond acceptors (Lipinski definition) is 4. The molecule has 7 nitrogen and oxygen atoms in total. The van der Waals surface area contributed by atoms with Crippen LogP contribution in [0.1, 0.15) is 6.92 Å². The summed E-state index contributed by atoms with van der Waals surface area (Å²) in [5.41, 5.74) is 19.8. The Morgan fingerprint density at radius 2 is 1.60 bits per heavy atom. The molecular weight excluding hydrogens is 412 g/mol. The van der Waals surface area contributed by atoms with Gasteiger partial charge in [-0.1, -0.05) is 30.8 Å². The van der Waals surface area contributed by atoms with E-state index in [0.717, 1.165) is 5.75 Å². The average molecular weight is 440 g/mol. The molecule has 0 saturated heterocycles. The molecule has 0 spiro atoms. The normalized spacial score (nSPS) is 6.30. The maximum Gasteiger partial charge on any atom is 0.186 e. The number of halogens is 2. The second kappa shape index (κ2) is 36.2. The van der Waals surface area contributed by atoms with Gasteiger partial charge >= 0.3 is 0 Å². The molecular formula is C10H28Br2N6OS. The molecule has 0 amide bonds. The van der Waals surface area contributed by atoms with Crippen molar-refractivity contribution in [3.63, 3.8) is 0 Å². The Hall–Kier alpha value is -0.550. The quantitative estimate of drug-likeness (QED) is 0.244. The van der Waals surface area contributed by atoms with Crippen LogP contribution in [0.25, 0.3) is 0 Å². The molecule has 20 heavy (non-hydrogen) atoms. The van der Waals surface area contributed by atoms with E-state index in [1.54, 1.807) is 12.2 Å². The molecule has 0 aromatic heterocycles. The molecule has 0 aromatic rings. The van der Waals surface area contributed by atoms with Crippen molar-refractivity contribution in [3.05, 3.63) is 25.3 Å². The monoisotopic (exact) mass is 438 g/mol. The largest absolute Gasteiger partial charge is 0.412 e. The van der Waals surface area contributed by atoms with Crippen LogP contribution >= 0.6 is 45.7 Å². The lowest BCUT2D eigenvalue weighted by atomic mass is 10.6. The molecule has 0 fully saturated rings. The van der Waals surface area contributed by atoms with Gasteiger partial charge in [0.05, 0.1) is 6.54 Å². The molecule has 124 valence electrons. The van der Waals surface area contributed by atoms with Gasteiger partial charge in [-0.2, -0.15) is 0 Å². The van der Waals surface area contributed by atoms with Gasteiger partial charge in [0.2, 0.25) is 0 Å². The van der Waals surface area contributed by atoms with E-state index in [0.29, 0.717) is 13.1 Å². The second-order valence-electron chi connectivity index (χ2n) is 2.38. The highest BCUT2D eigenvalue weighted by atomic mass is 79.9. The summed E-state index contributed by atoms with van der Waals surface area (Å²) in [5.74, 6) is 1.01. The third kappa shape index (κ3) is 85.1. The van der Waals surface area contributed by atoms with Crippen molar-refractivity contribution in [2.45, 2.75) is 6.92 Å². The molecule has 0 aliphatic heterocycles. The predicted molar refractivity (Wildman–Crippen MR) is 104 cm³/mol. The van der Waals surface area contributed by atoms with E-state index in [2.05, 4.69) is 18.2 Å². The van der Waals surface area contributed by atoms with E-state index >= 15 is 0 Å². The van der Waals surface area contributed by atoms with Crippen LogP contribution in [-0.2, 0) is 0 Å². The predicted octanol–water partition coefficient (Wildman–Crippen LogP) is 0.541. The van der Waals surface area contributed by atoms with E-state index in [1.807, 2.05) is 6.92 Å². The minimum Gasteiger partial charge on any atom is -0.412 e. The summed E-state index contributed by atoms with van der Waals surface area (Å²) >= 11 is 1.35. The molecule has 0 aliphatic carbocycles. The van der Waals surface area contributed by atoms with E-state index in [-0.39, 0.29) is 50.6 Å². The van der Waals surface area contributed by atoms with Crippen LogP contribution < -0.4 is 22.9 Å². The Morgan fingerprint density at radius 1 is 1.20 bits per heavy atom. The van der Waals surface area contributed by atoms with Gasteiger partial charge in [-0.05, 0) is 5.75 Å². The lowest BCUT2D eigenvalue weighted by molar-refractivity contribution is 0.824. The van der Waals surface area contributed by atoms with Crippen molar-refractivity contribution in [3.8, 4) is 0 Å². The van der Waals surface area contributed by atoms with Crippen LogP contribution in [0.15, 0.2) is 30.3 Å². The van der Waals surface area contributed by atoms with Crippen LogP contribution in [0.2, 0.25) is 0 Å². The second-order valence-corrected chi connectivity index (χ2v) is 3.68. The fourth-order valence-corrected chi connectivity index (χ4v) is 0.636. The number of aliphatic imine (C=N–C) groups is 1. The number of guanidine groups is 1. The third-order valence-corrected chi connectivity index (χ3v) is 1.47. The van der Waals surface area contributed by atoms with Crippen molar-refractivity contribution in [1.29, 1.82) is 5.41 Å². The molecule has 11 N–H and O–H groups in total. The van der Waals surface area contributed by atoms with Crippen molar-refractivity contribution in [2.75, 3.05) is 18.8 Å². The molecule has 0 aromatic carbocycles. The number of amidine groups is 1. The van der Waals surface area contributed by atoms with Crippen molar-refractivity contribution < 1.29 is 5.48 Å². The molecule has 0 saturated carbocycles. The summed E-state index contributed by atoms with van der Waals surface area (Å²) < 4.78 is 0. The Morgan fingerprint density at radius 3 is 1.65 bits per heavy atom. The first-order valence-electron chi connectivity index (χ1n) is 4.90. The number of nitrogens with one attached hydrogen (secondary N) is 1. The first-order valence-corrected chi connectivity index (χ1v) is 5.88. The fourth-order valence-electron chi connectivity index (χ4n) is 0.325. The maximum absolute atomic E-state index is 6.64. The minimum absolute atomic E-state index is 0. The maximum atomic E-state index is 6.64. The fraction of sp³-hybridized carbons (Fsp3) is 0.400. The van der Waals surface area contributed by atoms with Gasteiger partial charge in [-0.25, -0.2) is 4.99 Å². The molecule has 0 unspecified atom stereocenters. The van der Waals surface area contributed by atoms with Gasteiger partial charge in [-0.15, -0.1) is 47.1 Å². The smallest absolute Gasteiger partial charge is 0.186 e. The van der Waals surface area contributed by atoms with Gasteiger partial charge in [-0.3, -0.25) is 5.41 Å². The molecule has 0 bridgehead atoms. The Bertz CT molecular complexity index is 238. The summed E-state index contributed by atoms with van der Waals surface area (Å²) in [5, 5.41) is 6.84. The van der Waals surface area contributed by atoms with Gasteiger partial charge in [0, 0.05) is 6.54 Å². The van der Waals surface area contributed by atoms with Gasteiger partial charge in [0.25, 0.3) is 0 Å². The lowest BCUT2D eigenvalue weighted by Crippen LogP contribution is -2.22. The van der Waals surface area contributed by atoms with Crippen molar-refractivity contribution >= 4 is 56.9 Å². The molecule has 0 atom stereocenters. The van der Waals surface area contributed by atoms with Gasteiger partial charge < -0.3 is 28.4 Å². The van der Waals surface area contributed by atoms with Crippen LogP contribution in [0.4, 0.5) is 0 Å². The highest BCUT2D eigenvalue weighted by Crippen LogP contribution is 1.92. The number of nitrogens with two attached hydrogens (primary N) is 4. The first kappa shape index (κ1) is 36.6. The van der Waals surface area contributed by atoms with E-state index in [9.17, 15) is 0 Å². The van der Waals surface area contributed by atoms with Crippen LogP contribution in [-0.4, -0.2) is 35.4 Å². The number of thioether (sulfide) groups is 1. The number of nitrogens with zero attached hydrogens (tertiary/aromatic N) is 1. The molecule has 10 heteroatoms.